The summed E-state index contributed by atoms with van der Waals surface area (Å²) in [7, 11) is -3.48. The highest BCUT2D eigenvalue weighted by Crippen LogP contribution is 2.20. The Hall–Kier alpha value is -2.25. The normalized spacial score (nSPS) is 15.0. The third kappa shape index (κ3) is 5.37. The Morgan fingerprint density at radius 1 is 1.00 bits per heavy atom. The predicted molar refractivity (Wildman–Crippen MR) is 101 cm³/mol. The molecule has 0 atom stereocenters. The van der Waals surface area contributed by atoms with E-state index in [-0.39, 0.29) is 22.7 Å². The Labute approximate surface area is 159 Å². The number of rotatable bonds is 7. The van der Waals surface area contributed by atoms with Gasteiger partial charge in [-0.05, 0) is 61.2 Å². The summed E-state index contributed by atoms with van der Waals surface area (Å²) >= 11 is 0. The third-order valence-corrected chi connectivity index (χ3v) is 6.25. The summed E-state index contributed by atoms with van der Waals surface area (Å²) in [6, 6.07) is 12.1. The lowest BCUT2D eigenvalue weighted by atomic mass is 10.1. The number of carbonyl (C=O) groups excluding carboxylic acids is 1. The van der Waals surface area contributed by atoms with Crippen molar-refractivity contribution in [3.8, 4) is 0 Å². The predicted octanol–water partition coefficient (Wildman–Crippen LogP) is 3.02. The molecule has 1 amide bonds. The van der Waals surface area contributed by atoms with E-state index in [1.54, 1.807) is 24.3 Å². The molecule has 2 aromatic carbocycles. The zero-order valence-electron chi connectivity index (χ0n) is 14.9. The maximum Gasteiger partial charge on any atom is 0.251 e. The molecule has 0 heterocycles. The lowest BCUT2D eigenvalue weighted by Gasteiger charge is -2.13. The average Bonchev–Trinajstić information content (AvgIpc) is 3.15. The Morgan fingerprint density at radius 3 is 2.26 bits per heavy atom. The minimum absolute atomic E-state index is 0.0383. The van der Waals surface area contributed by atoms with Gasteiger partial charge in [0.25, 0.3) is 5.91 Å². The summed E-state index contributed by atoms with van der Waals surface area (Å²) in [4.78, 5) is 12.2. The highest BCUT2D eigenvalue weighted by molar-refractivity contribution is 7.89. The first-order chi connectivity index (χ1) is 12.9. The van der Waals surface area contributed by atoms with Gasteiger partial charge >= 0.3 is 0 Å². The number of nitrogens with one attached hydrogen (secondary N) is 2. The second-order valence-corrected chi connectivity index (χ2v) is 8.47. The van der Waals surface area contributed by atoms with E-state index in [0.717, 1.165) is 31.2 Å². The molecule has 1 aliphatic rings. The molecule has 0 radical (unpaired) electrons. The van der Waals surface area contributed by atoms with Gasteiger partial charge in [0.1, 0.15) is 5.82 Å². The van der Waals surface area contributed by atoms with Crippen molar-refractivity contribution in [1.29, 1.82) is 0 Å². The third-order valence-electron chi connectivity index (χ3n) is 4.72. The number of amides is 1. The maximum atomic E-state index is 12.9. The quantitative estimate of drug-likeness (QED) is 0.763. The van der Waals surface area contributed by atoms with Crippen LogP contribution in [0.5, 0.6) is 0 Å². The fourth-order valence-electron chi connectivity index (χ4n) is 3.19. The molecule has 0 unspecified atom stereocenters. The number of halogens is 1. The van der Waals surface area contributed by atoms with Crippen LogP contribution in [-0.2, 0) is 16.4 Å². The molecule has 0 aliphatic heterocycles. The smallest absolute Gasteiger partial charge is 0.251 e. The van der Waals surface area contributed by atoms with Crippen LogP contribution in [0, 0.1) is 5.82 Å². The van der Waals surface area contributed by atoms with Crippen molar-refractivity contribution in [3.63, 3.8) is 0 Å². The summed E-state index contributed by atoms with van der Waals surface area (Å²) in [5.74, 6) is -0.654. The van der Waals surface area contributed by atoms with E-state index >= 15 is 0 Å². The van der Waals surface area contributed by atoms with Gasteiger partial charge in [0.05, 0.1) is 4.90 Å². The highest BCUT2D eigenvalue weighted by atomic mass is 32.2. The molecular weight excluding hydrogens is 367 g/mol. The van der Waals surface area contributed by atoms with E-state index < -0.39 is 10.0 Å². The standard InChI is InChI=1S/C20H23FN2O3S/c21-17-9-7-16(8-10-17)20(24)22-14-13-15-5-11-19(12-6-15)27(25,26)23-18-3-1-2-4-18/h5-12,18,23H,1-4,13-14H2,(H,22,24). The molecule has 0 bridgehead atoms. The van der Waals surface area contributed by atoms with Gasteiger partial charge in [-0.15, -0.1) is 0 Å². The zero-order chi connectivity index (χ0) is 19.3. The monoisotopic (exact) mass is 390 g/mol. The van der Waals surface area contributed by atoms with Gasteiger partial charge in [-0.3, -0.25) is 4.79 Å². The first-order valence-corrected chi connectivity index (χ1v) is 10.6. The fourth-order valence-corrected chi connectivity index (χ4v) is 4.50. The van der Waals surface area contributed by atoms with Crippen LogP contribution in [0.2, 0.25) is 0 Å². The topological polar surface area (TPSA) is 75.3 Å². The molecule has 0 saturated heterocycles. The number of sulfonamides is 1. The molecule has 2 aromatic rings. The molecule has 5 nitrogen and oxygen atoms in total. The summed E-state index contributed by atoms with van der Waals surface area (Å²) < 4.78 is 40.4. The van der Waals surface area contributed by atoms with E-state index in [4.69, 9.17) is 0 Å². The molecule has 7 heteroatoms. The second-order valence-electron chi connectivity index (χ2n) is 6.76. The highest BCUT2D eigenvalue weighted by Gasteiger charge is 2.22. The molecule has 1 saturated carbocycles. The van der Waals surface area contributed by atoms with Gasteiger partial charge in [0.15, 0.2) is 0 Å². The molecule has 1 aliphatic carbocycles. The van der Waals surface area contributed by atoms with Crippen LogP contribution >= 0.6 is 0 Å². The van der Waals surface area contributed by atoms with Crippen LogP contribution in [0.3, 0.4) is 0 Å². The first-order valence-electron chi connectivity index (χ1n) is 9.09. The number of hydrogen-bond acceptors (Lipinski definition) is 3. The lowest BCUT2D eigenvalue weighted by Crippen LogP contribution is -2.32. The molecule has 27 heavy (non-hydrogen) atoms. The van der Waals surface area contributed by atoms with Crippen LogP contribution in [0.15, 0.2) is 53.4 Å². The van der Waals surface area contributed by atoms with Gasteiger partial charge in [0.2, 0.25) is 10.0 Å². The number of hydrogen-bond donors (Lipinski definition) is 2. The Kier molecular flexibility index (Phi) is 6.23. The second kappa shape index (κ2) is 8.63. The Morgan fingerprint density at radius 2 is 1.63 bits per heavy atom. The van der Waals surface area contributed by atoms with Crippen molar-refractivity contribution in [3.05, 3.63) is 65.5 Å². The summed E-state index contributed by atoms with van der Waals surface area (Å²) in [6.45, 7) is 0.405. The van der Waals surface area contributed by atoms with Crippen molar-refractivity contribution in [2.75, 3.05) is 6.54 Å². The first kappa shape index (κ1) is 19.5. The van der Waals surface area contributed by atoms with Crippen molar-refractivity contribution in [1.82, 2.24) is 10.0 Å². The average molecular weight is 390 g/mol. The molecule has 2 N–H and O–H groups in total. The van der Waals surface area contributed by atoms with Gasteiger partial charge in [-0.1, -0.05) is 25.0 Å². The molecular formula is C20H23FN2O3S. The molecule has 1 fully saturated rings. The molecule has 3 rings (SSSR count). The van der Waals surface area contributed by atoms with Crippen LogP contribution in [0.1, 0.15) is 41.6 Å². The van der Waals surface area contributed by atoms with E-state index in [9.17, 15) is 17.6 Å². The summed E-state index contributed by atoms with van der Waals surface area (Å²) in [5, 5.41) is 2.77. The Balaban J connectivity index is 1.51. The molecule has 144 valence electrons. The van der Waals surface area contributed by atoms with Crippen molar-refractivity contribution >= 4 is 15.9 Å². The molecule has 0 spiro atoms. The van der Waals surface area contributed by atoms with Gasteiger partial charge < -0.3 is 5.32 Å². The minimum Gasteiger partial charge on any atom is -0.352 e. The van der Waals surface area contributed by atoms with Crippen LogP contribution in [0.4, 0.5) is 4.39 Å². The van der Waals surface area contributed by atoms with Gasteiger partial charge in [-0.25, -0.2) is 17.5 Å². The summed E-state index contributed by atoms with van der Waals surface area (Å²) in [6.07, 6.45) is 4.49. The van der Waals surface area contributed by atoms with Crippen LogP contribution in [0.25, 0.3) is 0 Å². The largest absolute Gasteiger partial charge is 0.352 e. The zero-order valence-corrected chi connectivity index (χ0v) is 15.8. The van der Waals surface area contributed by atoms with Crippen LogP contribution < -0.4 is 10.0 Å². The van der Waals surface area contributed by atoms with E-state index in [2.05, 4.69) is 10.0 Å². The number of carbonyl (C=O) groups is 1. The van der Waals surface area contributed by atoms with Crippen molar-refractivity contribution in [2.24, 2.45) is 0 Å². The molecule has 0 aromatic heterocycles. The fraction of sp³-hybridized carbons (Fsp3) is 0.350. The Bertz CT molecular complexity index is 874. The van der Waals surface area contributed by atoms with E-state index in [0.29, 0.717) is 18.5 Å². The van der Waals surface area contributed by atoms with Crippen LogP contribution in [-0.4, -0.2) is 26.9 Å². The lowest BCUT2D eigenvalue weighted by molar-refractivity contribution is 0.0954. The van der Waals surface area contributed by atoms with Gasteiger partial charge in [-0.2, -0.15) is 0 Å². The SMILES string of the molecule is O=C(NCCc1ccc(S(=O)(=O)NC2CCCC2)cc1)c1ccc(F)cc1. The minimum atomic E-state index is -3.48. The van der Waals surface area contributed by atoms with Crippen molar-refractivity contribution < 1.29 is 17.6 Å². The van der Waals surface area contributed by atoms with Crippen molar-refractivity contribution in [2.45, 2.75) is 43.0 Å². The van der Waals surface area contributed by atoms with E-state index in [1.807, 2.05) is 0 Å². The maximum absolute atomic E-state index is 12.9. The van der Waals surface area contributed by atoms with Gasteiger partial charge in [0, 0.05) is 18.2 Å². The number of benzene rings is 2. The van der Waals surface area contributed by atoms with E-state index in [1.165, 1.54) is 24.3 Å². The summed E-state index contributed by atoms with van der Waals surface area (Å²) in [5.41, 5.74) is 1.32.